The number of hydrogen-bond acceptors (Lipinski definition) is 5. The third-order valence-electron chi connectivity index (χ3n) is 3.83. The summed E-state index contributed by atoms with van der Waals surface area (Å²) in [6.45, 7) is 0. The summed E-state index contributed by atoms with van der Waals surface area (Å²) in [6.07, 6.45) is 1.57. The minimum atomic E-state index is -0.451. The molecule has 1 aromatic carbocycles. The number of nitrogens with two attached hydrogens (primary N) is 1. The van der Waals surface area contributed by atoms with E-state index in [1.807, 2.05) is 36.4 Å². The minimum Gasteiger partial charge on any atom is -0.468 e. The number of nitrogens with one attached hydrogen (secondary N) is 1. The predicted molar refractivity (Wildman–Crippen MR) is 82.0 cm³/mol. The van der Waals surface area contributed by atoms with Crippen LogP contribution in [0.5, 0.6) is 5.88 Å². The highest BCUT2D eigenvalue weighted by molar-refractivity contribution is 5.70. The number of furan rings is 1. The number of fused-ring (bicyclic) bond motifs is 1. The van der Waals surface area contributed by atoms with Crippen molar-refractivity contribution in [3.63, 3.8) is 0 Å². The highest BCUT2D eigenvalue weighted by Crippen LogP contribution is 2.45. The molecule has 0 saturated carbocycles. The normalized spacial score (nSPS) is 16.6. The highest BCUT2D eigenvalue weighted by atomic mass is 16.5. The van der Waals surface area contributed by atoms with Gasteiger partial charge in [0.15, 0.2) is 0 Å². The summed E-state index contributed by atoms with van der Waals surface area (Å²) in [5.74, 6) is 0.578. The Morgan fingerprint density at radius 3 is 2.70 bits per heavy atom. The predicted octanol–water partition coefficient (Wildman–Crippen LogP) is 2.89. The second kappa shape index (κ2) is 5.07. The molecule has 112 valence electrons. The fourth-order valence-electron chi connectivity index (χ4n) is 2.81. The monoisotopic (exact) mass is 304 g/mol. The molecule has 23 heavy (non-hydrogen) atoms. The molecule has 0 fully saturated rings. The Morgan fingerprint density at radius 1 is 1.17 bits per heavy atom. The van der Waals surface area contributed by atoms with E-state index < -0.39 is 5.92 Å². The van der Waals surface area contributed by atoms with Crippen LogP contribution in [0.4, 0.5) is 0 Å². The largest absolute Gasteiger partial charge is 0.468 e. The minimum absolute atomic E-state index is 0.0486. The second-order valence-corrected chi connectivity index (χ2v) is 5.12. The number of rotatable bonds is 2. The fraction of sp³-hybridized carbons (Fsp3) is 0.0588. The summed E-state index contributed by atoms with van der Waals surface area (Å²) in [6, 6.07) is 15.4. The van der Waals surface area contributed by atoms with Crippen molar-refractivity contribution in [2.24, 2.45) is 5.73 Å². The zero-order chi connectivity index (χ0) is 15.8. The van der Waals surface area contributed by atoms with Gasteiger partial charge in [0.2, 0.25) is 11.8 Å². The van der Waals surface area contributed by atoms with Gasteiger partial charge in [-0.3, -0.25) is 5.10 Å². The lowest BCUT2D eigenvalue weighted by atomic mass is 9.86. The average molecular weight is 304 g/mol. The van der Waals surface area contributed by atoms with E-state index in [0.717, 1.165) is 16.8 Å². The van der Waals surface area contributed by atoms with Crippen LogP contribution in [-0.4, -0.2) is 10.2 Å². The molecule has 0 spiro atoms. The third kappa shape index (κ3) is 1.99. The van der Waals surface area contributed by atoms with Crippen LogP contribution in [0.2, 0.25) is 0 Å². The summed E-state index contributed by atoms with van der Waals surface area (Å²) in [5, 5.41) is 16.7. The topological polar surface area (TPSA) is 101 Å². The Balaban J connectivity index is 1.96. The molecule has 6 heteroatoms. The number of ether oxygens (including phenoxy) is 1. The average Bonchev–Trinajstić information content (AvgIpc) is 3.24. The molecule has 3 heterocycles. The number of benzene rings is 1. The summed E-state index contributed by atoms with van der Waals surface area (Å²) < 4.78 is 11.0. The summed E-state index contributed by atoms with van der Waals surface area (Å²) >= 11 is 0. The Hall–Kier alpha value is -3.46. The van der Waals surface area contributed by atoms with E-state index in [9.17, 15) is 5.26 Å². The number of hydrogen-bond donors (Lipinski definition) is 2. The van der Waals surface area contributed by atoms with Crippen molar-refractivity contribution in [2.45, 2.75) is 5.92 Å². The smallest absolute Gasteiger partial charge is 0.244 e. The molecule has 1 aliphatic rings. The fourth-order valence-corrected chi connectivity index (χ4v) is 2.81. The summed E-state index contributed by atoms with van der Waals surface area (Å²) in [4.78, 5) is 0. The lowest BCUT2D eigenvalue weighted by Gasteiger charge is -2.22. The SMILES string of the molecule is N#CC1=C(N)Oc2n[nH]c(-c3ccccc3)c2[C@@H]1c1ccco1. The summed E-state index contributed by atoms with van der Waals surface area (Å²) in [7, 11) is 0. The van der Waals surface area contributed by atoms with Gasteiger partial charge in [-0.25, -0.2) is 0 Å². The van der Waals surface area contributed by atoms with Crippen LogP contribution >= 0.6 is 0 Å². The third-order valence-corrected chi connectivity index (χ3v) is 3.83. The van der Waals surface area contributed by atoms with E-state index >= 15 is 0 Å². The number of H-pyrrole nitrogens is 1. The lowest BCUT2D eigenvalue weighted by Crippen LogP contribution is -2.20. The van der Waals surface area contributed by atoms with E-state index in [0.29, 0.717) is 17.2 Å². The van der Waals surface area contributed by atoms with Crippen molar-refractivity contribution in [1.82, 2.24) is 10.2 Å². The highest BCUT2D eigenvalue weighted by Gasteiger charge is 2.37. The van der Waals surface area contributed by atoms with Gasteiger partial charge in [-0.1, -0.05) is 30.3 Å². The molecule has 0 amide bonds. The molecule has 3 aromatic rings. The molecule has 0 aliphatic carbocycles. The molecule has 0 saturated heterocycles. The van der Waals surface area contributed by atoms with Crippen LogP contribution in [0.25, 0.3) is 11.3 Å². The quantitative estimate of drug-likeness (QED) is 0.758. The van der Waals surface area contributed by atoms with Gasteiger partial charge in [-0.2, -0.15) is 5.26 Å². The maximum absolute atomic E-state index is 9.52. The van der Waals surface area contributed by atoms with Gasteiger partial charge in [0.05, 0.1) is 23.4 Å². The molecule has 0 unspecified atom stereocenters. The Morgan fingerprint density at radius 2 is 2.00 bits per heavy atom. The first-order chi connectivity index (χ1) is 11.3. The standard InChI is InChI=1S/C17H12N4O2/c18-9-11-13(12-7-4-8-22-12)14-15(10-5-2-1-3-6-10)20-21-17(14)23-16(11)19/h1-8,13H,19H2,(H,20,21)/t13-/m0/s1. The molecular weight excluding hydrogens is 292 g/mol. The molecular formula is C17H12N4O2. The van der Waals surface area contributed by atoms with Crippen LogP contribution in [0.1, 0.15) is 17.2 Å². The van der Waals surface area contributed by atoms with Crippen molar-refractivity contribution in [3.05, 3.63) is 71.5 Å². The maximum atomic E-state index is 9.52. The van der Waals surface area contributed by atoms with Crippen molar-refractivity contribution in [2.75, 3.05) is 0 Å². The molecule has 1 aliphatic heterocycles. The Bertz CT molecular complexity index is 917. The molecule has 1 atom stereocenters. The number of aromatic nitrogens is 2. The van der Waals surface area contributed by atoms with E-state index in [1.165, 1.54) is 0 Å². The van der Waals surface area contributed by atoms with Gasteiger partial charge in [0.1, 0.15) is 17.4 Å². The van der Waals surface area contributed by atoms with Gasteiger partial charge < -0.3 is 14.9 Å². The van der Waals surface area contributed by atoms with Crippen LogP contribution < -0.4 is 10.5 Å². The van der Waals surface area contributed by atoms with E-state index in [2.05, 4.69) is 16.3 Å². The van der Waals surface area contributed by atoms with Crippen molar-refractivity contribution in [3.8, 4) is 23.2 Å². The van der Waals surface area contributed by atoms with Gasteiger partial charge in [-0.05, 0) is 17.7 Å². The second-order valence-electron chi connectivity index (χ2n) is 5.12. The summed E-state index contributed by atoms with van der Waals surface area (Å²) in [5.41, 5.74) is 8.67. The Labute approximate surface area is 131 Å². The molecule has 0 radical (unpaired) electrons. The molecule has 0 bridgehead atoms. The van der Waals surface area contributed by atoms with Crippen molar-refractivity contribution in [1.29, 1.82) is 5.26 Å². The first-order valence-electron chi connectivity index (χ1n) is 7.04. The number of aromatic amines is 1. The zero-order valence-electron chi connectivity index (χ0n) is 12.0. The molecule has 3 N–H and O–H groups in total. The van der Waals surface area contributed by atoms with E-state index in [-0.39, 0.29) is 5.88 Å². The lowest BCUT2D eigenvalue weighted by molar-refractivity contribution is 0.371. The Kier molecular flexibility index (Phi) is 2.91. The molecule has 4 rings (SSSR count). The number of nitriles is 1. The van der Waals surface area contributed by atoms with Crippen LogP contribution in [0.15, 0.2) is 64.6 Å². The first kappa shape index (κ1) is 13.2. The van der Waals surface area contributed by atoms with E-state index in [1.54, 1.807) is 12.3 Å². The number of allylic oxidation sites excluding steroid dienone is 1. The first-order valence-corrected chi connectivity index (χ1v) is 7.04. The zero-order valence-corrected chi connectivity index (χ0v) is 12.0. The van der Waals surface area contributed by atoms with Crippen LogP contribution in [0, 0.1) is 11.3 Å². The molecule has 2 aromatic heterocycles. The maximum Gasteiger partial charge on any atom is 0.244 e. The van der Waals surface area contributed by atoms with Gasteiger partial charge >= 0.3 is 0 Å². The van der Waals surface area contributed by atoms with Crippen molar-refractivity contribution >= 4 is 0 Å². The van der Waals surface area contributed by atoms with Crippen molar-refractivity contribution < 1.29 is 9.15 Å². The van der Waals surface area contributed by atoms with Crippen LogP contribution in [-0.2, 0) is 0 Å². The number of nitrogens with zero attached hydrogens (tertiary/aromatic N) is 2. The molecule has 6 nitrogen and oxygen atoms in total. The van der Waals surface area contributed by atoms with Gasteiger partial charge in [-0.15, -0.1) is 5.10 Å². The van der Waals surface area contributed by atoms with Gasteiger partial charge in [0.25, 0.3) is 0 Å². The van der Waals surface area contributed by atoms with Crippen LogP contribution in [0.3, 0.4) is 0 Å². The van der Waals surface area contributed by atoms with Gasteiger partial charge in [0, 0.05) is 0 Å². The van der Waals surface area contributed by atoms with E-state index in [4.69, 9.17) is 14.9 Å².